The van der Waals surface area contributed by atoms with Crippen LogP contribution in [0.25, 0.3) is 0 Å². The van der Waals surface area contributed by atoms with Crippen molar-refractivity contribution in [2.24, 2.45) is 5.73 Å². The first-order chi connectivity index (χ1) is 10.9. The third kappa shape index (κ3) is 4.82. The molecule has 0 atom stereocenters. The molecule has 0 saturated heterocycles. The largest absolute Gasteiger partial charge is 0.351 e. The highest BCUT2D eigenvalue weighted by Crippen LogP contribution is 2.15. The molecular formula is C15H15N3O4S. The summed E-state index contributed by atoms with van der Waals surface area (Å²) in [5.74, 6) is -0.284. The number of anilines is 1. The Hall–Kier alpha value is -2.87. The third-order valence-electron chi connectivity index (χ3n) is 2.87. The maximum atomic E-state index is 12.0. The Morgan fingerprint density at radius 1 is 1.00 bits per heavy atom. The van der Waals surface area contributed by atoms with Gasteiger partial charge in [0.1, 0.15) is 0 Å². The Balaban J connectivity index is 2.11. The van der Waals surface area contributed by atoms with E-state index < -0.39 is 16.1 Å². The number of nitrogens with one attached hydrogen (secondary N) is 2. The van der Waals surface area contributed by atoms with Crippen molar-refractivity contribution >= 4 is 27.6 Å². The Bertz CT molecular complexity index is 820. The molecule has 120 valence electrons. The summed E-state index contributed by atoms with van der Waals surface area (Å²) in [6.07, 6.45) is 0.164. The number of primary amides is 1. The molecule has 7 nitrogen and oxygen atoms in total. The van der Waals surface area contributed by atoms with E-state index in [2.05, 4.69) is 5.32 Å². The van der Waals surface area contributed by atoms with Crippen molar-refractivity contribution in [3.8, 4) is 0 Å². The predicted octanol–water partition coefficient (Wildman–Crippen LogP) is 1.22. The van der Waals surface area contributed by atoms with Crippen LogP contribution in [0, 0.1) is 0 Å². The molecule has 0 aromatic heterocycles. The highest BCUT2D eigenvalue weighted by Gasteiger charge is 2.16. The number of carbonyl (C=O) groups is 2. The lowest BCUT2D eigenvalue weighted by Crippen LogP contribution is -2.34. The maximum absolute atomic E-state index is 12.0. The summed E-state index contributed by atoms with van der Waals surface area (Å²) in [5.41, 5.74) is 5.96. The van der Waals surface area contributed by atoms with Crippen LogP contribution in [0.15, 0.2) is 59.5 Å². The molecule has 23 heavy (non-hydrogen) atoms. The SMILES string of the molecule is NC(=O)NS(=O)(=O)c1cccc(NC(=O)Cc2ccccc2)c1. The zero-order valence-corrected chi connectivity index (χ0v) is 12.8. The molecule has 3 amide bonds. The van der Waals surface area contributed by atoms with Gasteiger partial charge < -0.3 is 11.1 Å². The minimum absolute atomic E-state index is 0.164. The number of amides is 3. The van der Waals surface area contributed by atoms with E-state index in [-0.39, 0.29) is 17.2 Å². The van der Waals surface area contributed by atoms with Crippen LogP contribution in [-0.2, 0) is 21.2 Å². The van der Waals surface area contributed by atoms with Gasteiger partial charge >= 0.3 is 6.03 Å². The smallest absolute Gasteiger partial charge is 0.326 e. The molecule has 2 aromatic rings. The Morgan fingerprint density at radius 3 is 2.35 bits per heavy atom. The molecule has 0 heterocycles. The average molecular weight is 333 g/mol. The second-order valence-electron chi connectivity index (χ2n) is 4.71. The molecule has 2 rings (SSSR count). The van der Waals surface area contributed by atoms with Crippen molar-refractivity contribution in [1.29, 1.82) is 0 Å². The van der Waals surface area contributed by atoms with E-state index in [9.17, 15) is 18.0 Å². The van der Waals surface area contributed by atoms with Gasteiger partial charge in [0.15, 0.2) is 0 Å². The molecule has 0 saturated carbocycles. The van der Waals surface area contributed by atoms with Crippen LogP contribution in [0.2, 0.25) is 0 Å². The second kappa shape index (κ2) is 6.93. The number of sulfonamides is 1. The van der Waals surface area contributed by atoms with E-state index in [1.807, 2.05) is 30.3 Å². The monoisotopic (exact) mass is 333 g/mol. The zero-order valence-electron chi connectivity index (χ0n) is 12.0. The van der Waals surface area contributed by atoms with Gasteiger partial charge in [-0.15, -0.1) is 0 Å². The number of hydrogen-bond donors (Lipinski definition) is 3. The van der Waals surface area contributed by atoms with E-state index >= 15 is 0 Å². The molecule has 0 fully saturated rings. The molecule has 0 spiro atoms. The van der Waals surface area contributed by atoms with Gasteiger partial charge in [-0.1, -0.05) is 36.4 Å². The van der Waals surface area contributed by atoms with E-state index in [4.69, 9.17) is 5.73 Å². The van der Waals surface area contributed by atoms with Crippen molar-refractivity contribution in [3.63, 3.8) is 0 Å². The van der Waals surface area contributed by atoms with Gasteiger partial charge in [0.25, 0.3) is 10.0 Å². The number of urea groups is 1. The highest BCUT2D eigenvalue weighted by atomic mass is 32.2. The summed E-state index contributed by atoms with van der Waals surface area (Å²) >= 11 is 0. The van der Waals surface area contributed by atoms with Crippen LogP contribution in [0.4, 0.5) is 10.5 Å². The van der Waals surface area contributed by atoms with Gasteiger partial charge in [-0.3, -0.25) is 4.79 Å². The normalized spacial score (nSPS) is 10.8. The first kappa shape index (κ1) is 16.5. The van der Waals surface area contributed by atoms with Crippen LogP contribution in [0.3, 0.4) is 0 Å². The number of carbonyl (C=O) groups excluding carboxylic acids is 2. The summed E-state index contributed by atoms with van der Waals surface area (Å²) in [4.78, 5) is 22.5. The lowest BCUT2D eigenvalue weighted by molar-refractivity contribution is -0.115. The van der Waals surface area contributed by atoms with Gasteiger partial charge in [0.2, 0.25) is 5.91 Å². The fourth-order valence-electron chi connectivity index (χ4n) is 1.92. The minimum atomic E-state index is -4.05. The maximum Gasteiger partial charge on any atom is 0.326 e. The Labute approximate surface area is 133 Å². The standard InChI is InChI=1S/C15H15N3O4S/c16-15(20)18-23(21,22)13-8-4-7-12(10-13)17-14(19)9-11-5-2-1-3-6-11/h1-8,10H,9H2,(H,17,19)(H3,16,18,20). The summed E-state index contributed by atoms with van der Waals surface area (Å²) < 4.78 is 25.3. The van der Waals surface area contributed by atoms with Gasteiger partial charge in [0, 0.05) is 5.69 Å². The predicted molar refractivity (Wildman–Crippen MR) is 85.1 cm³/mol. The first-order valence-electron chi connectivity index (χ1n) is 6.63. The van der Waals surface area contributed by atoms with Gasteiger partial charge in [-0.25, -0.2) is 17.9 Å². The van der Waals surface area contributed by atoms with Crippen LogP contribution >= 0.6 is 0 Å². The number of nitrogens with two attached hydrogens (primary N) is 1. The van der Waals surface area contributed by atoms with E-state index in [0.29, 0.717) is 5.69 Å². The van der Waals surface area contributed by atoms with Crippen molar-refractivity contribution in [2.75, 3.05) is 5.32 Å². The molecule has 8 heteroatoms. The average Bonchev–Trinajstić information content (AvgIpc) is 2.47. The van der Waals surface area contributed by atoms with Crippen molar-refractivity contribution < 1.29 is 18.0 Å². The van der Waals surface area contributed by atoms with Crippen molar-refractivity contribution in [2.45, 2.75) is 11.3 Å². The first-order valence-corrected chi connectivity index (χ1v) is 8.11. The minimum Gasteiger partial charge on any atom is -0.351 e. The number of benzene rings is 2. The van der Waals surface area contributed by atoms with Gasteiger partial charge in [-0.2, -0.15) is 0 Å². The van der Waals surface area contributed by atoms with Crippen LogP contribution in [0.1, 0.15) is 5.56 Å². The van der Waals surface area contributed by atoms with Crippen LogP contribution in [-0.4, -0.2) is 20.4 Å². The van der Waals surface area contributed by atoms with E-state index in [1.54, 1.807) is 10.8 Å². The second-order valence-corrected chi connectivity index (χ2v) is 6.39. The van der Waals surface area contributed by atoms with Crippen LogP contribution in [0.5, 0.6) is 0 Å². The molecule has 0 aliphatic carbocycles. The summed E-state index contributed by atoms with van der Waals surface area (Å²) in [5, 5.41) is 2.61. The lowest BCUT2D eigenvalue weighted by atomic mass is 10.1. The summed E-state index contributed by atoms with van der Waals surface area (Å²) in [6, 6.07) is 13.5. The quantitative estimate of drug-likeness (QED) is 0.762. The lowest BCUT2D eigenvalue weighted by Gasteiger charge is -2.08. The molecule has 2 aromatic carbocycles. The Morgan fingerprint density at radius 2 is 1.70 bits per heavy atom. The number of hydrogen-bond acceptors (Lipinski definition) is 4. The van der Waals surface area contributed by atoms with Crippen LogP contribution < -0.4 is 15.8 Å². The molecule has 4 N–H and O–H groups in total. The third-order valence-corrected chi connectivity index (χ3v) is 4.22. The molecule has 0 bridgehead atoms. The fourth-order valence-corrected chi connectivity index (χ4v) is 2.84. The molecule has 0 aliphatic rings. The Kier molecular flexibility index (Phi) is 4.97. The van der Waals surface area contributed by atoms with E-state index in [1.165, 1.54) is 18.2 Å². The number of rotatable bonds is 5. The fraction of sp³-hybridized carbons (Fsp3) is 0.0667. The molecule has 0 aliphatic heterocycles. The molecule has 0 radical (unpaired) electrons. The summed E-state index contributed by atoms with van der Waals surface area (Å²) in [7, 11) is -4.05. The van der Waals surface area contributed by atoms with Crippen molar-refractivity contribution in [3.05, 3.63) is 60.2 Å². The molecular weight excluding hydrogens is 318 g/mol. The van der Waals surface area contributed by atoms with Gasteiger partial charge in [-0.05, 0) is 23.8 Å². The van der Waals surface area contributed by atoms with E-state index in [0.717, 1.165) is 5.56 Å². The highest BCUT2D eigenvalue weighted by molar-refractivity contribution is 7.90. The zero-order chi connectivity index (χ0) is 16.9. The molecule has 0 unspecified atom stereocenters. The topological polar surface area (TPSA) is 118 Å². The van der Waals surface area contributed by atoms with Gasteiger partial charge in [0.05, 0.1) is 11.3 Å². The summed E-state index contributed by atoms with van der Waals surface area (Å²) in [6.45, 7) is 0. The van der Waals surface area contributed by atoms with Crippen molar-refractivity contribution in [1.82, 2.24) is 4.72 Å².